The molecule has 166 valence electrons. The Labute approximate surface area is 185 Å². The molecular formula is C23H26N6O3. The molecule has 1 aliphatic heterocycles. The highest BCUT2D eigenvalue weighted by atomic mass is 16.5. The second kappa shape index (κ2) is 9.05. The van der Waals surface area contributed by atoms with E-state index < -0.39 is 0 Å². The maximum Gasteiger partial charge on any atom is 0.252 e. The second-order valence-corrected chi connectivity index (χ2v) is 8.35. The van der Waals surface area contributed by atoms with E-state index in [9.17, 15) is 4.79 Å². The van der Waals surface area contributed by atoms with Crippen LogP contribution < -0.4 is 5.56 Å². The Morgan fingerprint density at radius 2 is 2.16 bits per heavy atom. The highest BCUT2D eigenvalue weighted by Gasteiger charge is 2.21. The Kier molecular flexibility index (Phi) is 5.83. The molecule has 4 heterocycles. The van der Waals surface area contributed by atoms with Crippen LogP contribution in [-0.4, -0.2) is 42.8 Å². The van der Waals surface area contributed by atoms with Crippen molar-refractivity contribution in [2.45, 2.75) is 52.0 Å². The van der Waals surface area contributed by atoms with Gasteiger partial charge in [0.2, 0.25) is 0 Å². The third kappa shape index (κ3) is 4.63. The van der Waals surface area contributed by atoms with E-state index in [0.717, 1.165) is 47.5 Å². The number of nitrogens with one attached hydrogen (secondary N) is 1. The molecule has 1 aliphatic rings. The summed E-state index contributed by atoms with van der Waals surface area (Å²) in [5.41, 5.74) is 2.58. The lowest BCUT2D eigenvalue weighted by atomic mass is 10.1. The van der Waals surface area contributed by atoms with Gasteiger partial charge >= 0.3 is 0 Å². The summed E-state index contributed by atoms with van der Waals surface area (Å²) in [6, 6.07) is 11.8. The van der Waals surface area contributed by atoms with Gasteiger partial charge in [-0.15, -0.1) is 5.10 Å². The number of hydrogen-bond acceptors (Lipinski definition) is 7. The first-order chi connectivity index (χ1) is 15.6. The van der Waals surface area contributed by atoms with E-state index in [1.165, 1.54) is 0 Å². The highest BCUT2D eigenvalue weighted by Crippen LogP contribution is 2.18. The number of furan rings is 1. The van der Waals surface area contributed by atoms with Crippen LogP contribution in [0.3, 0.4) is 0 Å². The average Bonchev–Trinajstić information content (AvgIpc) is 3.54. The van der Waals surface area contributed by atoms with Crippen molar-refractivity contribution in [2.75, 3.05) is 6.61 Å². The van der Waals surface area contributed by atoms with E-state index in [-0.39, 0.29) is 11.7 Å². The van der Waals surface area contributed by atoms with Crippen LogP contribution >= 0.6 is 0 Å². The van der Waals surface area contributed by atoms with Crippen molar-refractivity contribution >= 4 is 10.9 Å². The third-order valence-corrected chi connectivity index (χ3v) is 5.80. The molecule has 0 bridgehead atoms. The number of aromatic amines is 1. The van der Waals surface area contributed by atoms with E-state index in [1.54, 1.807) is 10.9 Å². The minimum Gasteiger partial charge on any atom is -0.468 e. The molecule has 5 rings (SSSR count). The largest absolute Gasteiger partial charge is 0.468 e. The summed E-state index contributed by atoms with van der Waals surface area (Å²) in [4.78, 5) is 17.9. The number of pyridine rings is 1. The van der Waals surface area contributed by atoms with Crippen LogP contribution in [0.2, 0.25) is 0 Å². The number of ether oxygens (including phenoxy) is 1. The Balaban J connectivity index is 1.41. The van der Waals surface area contributed by atoms with Gasteiger partial charge in [0.15, 0.2) is 5.82 Å². The van der Waals surface area contributed by atoms with Crippen molar-refractivity contribution in [1.29, 1.82) is 0 Å². The standard InChI is InChI=1S/C23H26N6O3/c1-16-6-7-21-17(10-16)11-18(23(30)24-21)12-28(13-19-4-2-8-31-19)15-22-25-26-27-29(22)14-20-5-3-9-32-20/h2,4,6-8,10-11,20H,3,5,9,12-15H2,1H3,(H,24,30)/t20-/m1/s1. The summed E-state index contributed by atoms with van der Waals surface area (Å²) >= 11 is 0. The molecular weight excluding hydrogens is 408 g/mol. The number of aryl methyl sites for hydroxylation is 1. The topological polar surface area (TPSA) is 102 Å². The zero-order valence-electron chi connectivity index (χ0n) is 18.0. The molecule has 9 heteroatoms. The number of rotatable bonds is 8. The van der Waals surface area contributed by atoms with E-state index in [1.807, 2.05) is 37.3 Å². The number of benzene rings is 1. The maximum atomic E-state index is 12.8. The molecule has 0 aliphatic carbocycles. The SMILES string of the molecule is Cc1ccc2[nH]c(=O)c(CN(Cc3ccco3)Cc3nnnn3C[C@H]3CCCO3)cc2c1. The fourth-order valence-electron chi connectivity index (χ4n) is 4.18. The zero-order valence-corrected chi connectivity index (χ0v) is 18.0. The molecule has 9 nitrogen and oxygen atoms in total. The first-order valence-electron chi connectivity index (χ1n) is 10.9. The monoisotopic (exact) mass is 434 g/mol. The van der Waals surface area contributed by atoms with Crippen molar-refractivity contribution in [3.8, 4) is 0 Å². The van der Waals surface area contributed by atoms with Gasteiger partial charge in [-0.05, 0) is 65.9 Å². The number of nitrogens with zero attached hydrogens (tertiary/aromatic N) is 5. The van der Waals surface area contributed by atoms with Crippen molar-refractivity contribution < 1.29 is 9.15 Å². The third-order valence-electron chi connectivity index (χ3n) is 5.80. The molecule has 1 aromatic carbocycles. The van der Waals surface area contributed by atoms with Gasteiger partial charge in [-0.1, -0.05) is 11.6 Å². The zero-order chi connectivity index (χ0) is 21.9. The molecule has 1 N–H and O–H groups in total. The van der Waals surface area contributed by atoms with E-state index >= 15 is 0 Å². The van der Waals surface area contributed by atoms with E-state index in [2.05, 4.69) is 31.5 Å². The Bertz CT molecular complexity index is 1240. The molecule has 0 spiro atoms. The predicted octanol–water partition coefficient (Wildman–Crippen LogP) is 2.80. The molecule has 32 heavy (non-hydrogen) atoms. The molecule has 0 saturated carbocycles. The smallest absolute Gasteiger partial charge is 0.252 e. The fraction of sp³-hybridized carbons (Fsp3) is 0.391. The summed E-state index contributed by atoms with van der Waals surface area (Å²) in [7, 11) is 0. The molecule has 0 amide bonds. The summed E-state index contributed by atoms with van der Waals surface area (Å²) < 4.78 is 13.1. The van der Waals surface area contributed by atoms with Crippen molar-refractivity contribution in [1.82, 2.24) is 30.1 Å². The highest BCUT2D eigenvalue weighted by molar-refractivity contribution is 5.79. The Morgan fingerprint density at radius 1 is 1.22 bits per heavy atom. The number of tetrazole rings is 1. The Hall–Kier alpha value is -3.30. The number of aromatic nitrogens is 5. The van der Waals surface area contributed by atoms with Crippen LogP contribution in [0.25, 0.3) is 10.9 Å². The normalized spacial score (nSPS) is 16.4. The summed E-state index contributed by atoms with van der Waals surface area (Å²) in [6.45, 7) is 4.91. The fourth-order valence-corrected chi connectivity index (χ4v) is 4.18. The van der Waals surface area contributed by atoms with E-state index in [0.29, 0.717) is 31.7 Å². The molecule has 1 fully saturated rings. The second-order valence-electron chi connectivity index (χ2n) is 8.35. The van der Waals surface area contributed by atoms with Crippen molar-refractivity contribution in [2.24, 2.45) is 0 Å². The van der Waals surface area contributed by atoms with Crippen LogP contribution in [0.15, 0.2) is 51.9 Å². The number of H-pyrrole nitrogens is 1. The predicted molar refractivity (Wildman–Crippen MR) is 118 cm³/mol. The number of hydrogen-bond donors (Lipinski definition) is 1. The van der Waals surface area contributed by atoms with Crippen LogP contribution in [0.4, 0.5) is 0 Å². The Morgan fingerprint density at radius 3 is 2.97 bits per heavy atom. The van der Waals surface area contributed by atoms with Gasteiger partial charge in [0.05, 0.1) is 32.0 Å². The lowest BCUT2D eigenvalue weighted by Gasteiger charge is -2.21. The van der Waals surface area contributed by atoms with E-state index in [4.69, 9.17) is 9.15 Å². The molecule has 1 saturated heterocycles. The molecule has 1 atom stereocenters. The quantitative estimate of drug-likeness (QED) is 0.455. The van der Waals surface area contributed by atoms with Gasteiger partial charge in [0.25, 0.3) is 5.56 Å². The van der Waals surface area contributed by atoms with Gasteiger partial charge in [-0.3, -0.25) is 9.69 Å². The molecule has 3 aromatic heterocycles. The molecule has 0 unspecified atom stereocenters. The van der Waals surface area contributed by atoms with Crippen LogP contribution in [0, 0.1) is 6.92 Å². The van der Waals surface area contributed by atoms with Crippen LogP contribution in [0.1, 0.15) is 35.6 Å². The molecule has 4 aromatic rings. The van der Waals surface area contributed by atoms with Gasteiger partial charge in [0.1, 0.15) is 5.76 Å². The first-order valence-corrected chi connectivity index (χ1v) is 10.9. The minimum absolute atomic E-state index is 0.0928. The van der Waals surface area contributed by atoms with Crippen molar-refractivity contribution in [3.63, 3.8) is 0 Å². The minimum atomic E-state index is -0.0928. The summed E-state index contributed by atoms with van der Waals surface area (Å²) in [6.07, 6.45) is 3.88. The van der Waals surface area contributed by atoms with Crippen LogP contribution in [0.5, 0.6) is 0 Å². The van der Waals surface area contributed by atoms with Crippen molar-refractivity contribution in [3.05, 3.63) is 75.7 Å². The first kappa shape index (κ1) is 20.6. The van der Waals surface area contributed by atoms with Crippen LogP contribution in [-0.2, 0) is 30.9 Å². The lowest BCUT2D eigenvalue weighted by Crippen LogP contribution is -2.28. The maximum absolute atomic E-state index is 12.8. The molecule has 0 radical (unpaired) electrons. The summed E-state index contributed by atoms with van der Waals surface area (Å²) in [5, 5.41) is 13.3. The van der Waals surface area contributed by atoms with Gasteiger partial charge in [-0.25, -0.2) is 4.68 Å². The lowest BCUT2D eigenvalue weighted by molar-refractivity contribution is 0.0913. The van der Waals surface area contributed by atoms with Gasteiger partial charge < -0.3 is 14.1 Å². The van der Waals surface area contributed by atoms with Gasteiger partial charge in [0, 0.05) is 24.2 Å². The summed E-state index contributed by atoms with van der Waals surface area (Å²) in [5.74, 6) is 1.55. The number of fused-ring (bicyclic) bond motifs is 1. The average molecular weight is 435 g/mol. The van der Waals surface area contributed by atoms with Gasteiger partial charge in [-0.2, -0.15) is 0 Å².